The Kier molecular flexibility index (Phi) is 44.7. The van der Waals surface area contributed by atoms with Crippen LogP contribution in [0.1, 0.15) is 291 Å². The highest BCUT2D eigenvalue weighted by atomic mass is 16.6. The standard InChI is InChI=1S/C53H102O6/c1-6-7-8-9-10-11-12-13-18-23-28-33-38-43-51(54)57-46-50(59-53(56)45-40-35-30-25-20-15-17-22-27-32-37-42-49(4)5)47-58-52(55)44-39-34-29-24-19-14-16-21-26-31-36-41-48(2)3/h48-50H,6-47H2,1-5H3/t50-/m0/s1. The molecule has 0 aliphatic heterocycles. The van der Waals surface area contributed by atoms with Crippen LogP contribution in [0, 0.1) is 11.8 Å². The molecule has 6 heteroatoms. The van der Waals surface area contributed by atoms with E-state index in [4.69, 9.17) is 14.2 Å². The van der Waals surface area contributed by atoms with E-state index in [1.54, 1.807) is 0 Å². The molecule has 0 saturated carbocycles. The van der Waals surface area contributed by atoms with Gasteiger partial charge in [-0.3, -0.25) is 14.4 Å². The lowest BCUT2D eigenvalue weighted by atomic mass is 10.0. The van der Waals surface area contributed by atoms with Crippen LogP contribution in [0.2, 0.25) is 0 Å². The highest BCUT2D eigenvalue weighted by Gasteiger charge is 2.19. The minimum absolute atomic E-state index is 0.0635. The second kappa shape index (κ2) is 45.9. The van der Waals surface area contributed by atoms with E-state index in [9.17, 15) is 14.4 Å². The van der Waals surface area contributed by atoms with Gasteiger partial charge in [-0.2, -0.15) is 0 Å². The topological polar surface area (TPSA) is 78.9 Å². The van der Waals surface area contributed by atoms with Gasteiger partial charge >= 0.3 is 17.9 Å². The van der Waals surface area contributed by atoms with E-state index >= 15 is 0 Å². The molecule has 0 amide bonds. The van der Waals surface area contributed by atoms with Gasteiger partial charge in [-0.05, 0) is 31.1 Å². The summed E-state index contributed by atoms with van der Waals surface area (Å²) in [4.78, 5) is 38.0. The Balaban J connectivity index is 4.32. The zero-order valence-electron chi connectivity index (χ0n) is 40.4. The SMILES string of the molecule is CCCCCCCCCCCCCCCC(=O)OC[C@@H](COC(=O)CCCCCCCCCCCCCC(C)C)OC(=O)CCCCCCCCCCCCCC(C)C. The number of carbonyl (C=O) groups excluding carboxylic acids is 3. The van der Waals surface area contributed by atoms with Crippen LogP contribution >= 0.6 is 0 Å². The van der Waals surface area contributed by atoms with Gasteiger partial charge in [-0.25, -0.2) is 0 Å². The number of hydrogen-bond acceptors (Lipinski definition) is 6. The molecular formula is C53H102O6. The summed E-state index contributed by atoms with van der Waals surface area (Å²) in [5, 5.41) is 0. The third-order valence-electron chi connectivity index (χ3n) is 12.0. The molecule has 0 radical (unpaired) electrons. The summed E-state index contributed by atoms with van der Waals surface area (Å²) in [5.41, 5.74) is 0. The minimum Gasteiger partial charge on any atom is -0.462 e. The van der Waals surface area contributed by atoms with Gasteiger partial charge < -0.3 is 14.2 Å². The lowest BCUT2D eigenvalue weighted by Gasteiger charge is -2.18. The van der Waals surface area contributed by atoms with Gasteiger partial charge in [-0.15, -0.1) is 0 Å². The summed E-state index contributed by atoms with van der Waals surface area (Å²) in [6, 6.07) is 0. The number of esters is 3. The maximum Gasteiger partial charge on any atom is 0.306 e. The Hall–Kier alpha value is -1.59. The average molecular weight is 835 g/mol. The summed E-state index contributed by atoms with van der Waals surface area (Å²) in [5.74, 6) is 0.805. The molecule has 1 atom stereocenters. The van der Waals surface area contributed by atoms with Crippen molar-refractivity contribution >= 4 is 17.9 Å². The number of carbonyl (C=O) groups is 3. The zero-order valence-corrected chi connectivity index (χ0v) is 40.4. The summed E-state index contributed by atoms with van der Waals surface area (Å²) < 4.78 is 16.8. The molecule has 0 bridgehead atoms. The quantitative estimate of drug-likeness (QED) is 0.0345. The third kappa shape index (κ3) is 47.3. The van der Waals surface area contributed by atoms with Gasteiger partial charge in [0.15, 0.2) is 6.10 Å². The van der Waals surface area contributed by atoms with Crippen LogP contribution < -0.4 is 0 Å². The van der Waals surface area contributed by atoms with Crippen LogP contribution in [0.15, 0.2) is 0 Å². The van der Waals surface area contributed by atoms with Crippen molar-refractivity contribution in [3.05, 3.63) is 0 Å². The van der Waals surface area contributed by atoms with E-state index in [1.807, 2.05) is 0 Å². The number of unbranched alkanes of at least 4 members (excludes halogenated alkanes) is 32. The van der Waals surface area contributed by atoms with E-state index < -0.39 is 6.10 Å². The molecule has 0 heterocycles. The Bertz CT molecular complexity index is 900. The lowest BCUT2D eigenvalue weighted by molar-refractivity contribution is -0.167. The molecule has 0 spiro atoms. The largest absolute Gasteiger partial charge is 0.462 e. The van der Waals surface area contributed by atoms with Crippen molar-refractivity contribution < 1.29 is 28.6 Å². The summed E-state index contributed by atoms with van der Waals surface area (Å²) in [7, 11) is 0. The van der Waals surface area contributed by atoms with Gasteiger partial charge in [0.2, 0.25) is 0 Å². The maximum absolute atomic E-state index is 12.8. The van der Waals surface area contributed by atoms with Crippen molar-refractivity contribution in [2.75, 3.05) is 13.2 Å². The van der Waals surface area contributed by atoms with Gasteiger partial charge in [0, 0.05) is 19.3 Å². The fourth-order valence-electron chi connectivity index (χ4n) is 7.99. The first kappa shape index (κ1) is 57.4. The fourth-order valence-corrected chi connectivity index (χ4v) is 7.99. The van der Waals surface area contributed by atoms with Crippen molar-refractivity contribution in [3.63, 3.8) is 0 Å². The van der Waals surface area contributed by atoms with Crippen LogP contribution in [0.3, 0.4) is 0 Å². The molecule has 0 unspecified atom stereocenters. The second-order valence-corrected chi connectivity index (χ2v) is 19.1. The lowest BCUT2D eigenvalue weighted by Crippen LogP contribution is -2.30. The molecule has 0 aromatic heterocycles. The molecule has 0 rings (SSSR count). The van der Waals surface area contributed by atoms with E-state index in [0.29, 0.717) is 19.3 Å². The Labute approximate surface area is 368 Å². The van der Waals surface area contributed by atoms with E-state index in [-0.39, 0.29) is 31.1 Å². The van der Waals surface area contributed by atoms with Gasteiger partial charge in [-0.1, -0.05) is 253 Å². The Morgan fingerprint density at radius 3 is 0.831 bits per heavy atom. The molecule has 350 valence electrons. The Morgan fingerprint density at radius 2 is 0.559 bits per heavy atom. The molecule has 0 saturated heterocycles. The second-order valence-electron chi connectivity index (χ2n) is 19.1. The first-order chi connectivity index (χ1) is 28.7. The van der Waals surface area contributed by atoms with Crippen molar-refractivity contribution in [1.82, 2.24) is 0 Å². The van der Waals surface area contributed by atoms with Gasteiger partial charge in [0.05, 0.1) is 0 Å². The molecule has 0 fully saturated rings. The van der Waals surface area contributed by atoms with Crippen molar-refractivity contribution in [1.29, 1.82) is 0 Å². The van der Waals surface area contributed by atoms with Crippen LogP contribution in [0.5, 0.6) is 0 Å². The van der Waals surface area contributed by atoms with Crippen LogP contribution in [-0.4, -0.2) is 37.2 Å². The van der Waals surface area contributed by atoms with E-state index in [2.05, 4.69) is 34.6 Å². The minimum atomic E-state index is -0.761. The molecular weight excluding hydrogens is 733 g/mol. The zero-order chi connectivity index (χ0) is 43.3. The predicted molar refractivity (Wildman–Crippen MR) is 252 cm³/mol. The van der Waals surface area contributed by atoms with E-state index in [1.165, 1.54) is 180 Å². The van der Waals surface area contributed by atoms with Crippen LogP contribution in [0.25, 0.3) is 0 Å². The molecule has 0 aliphatic rings. The average Bonchev–Trinajstić information content (AvgIpc) is 3.20. The molecule has 0 aliphatic carbocycles. The van der Waals surface area contributed by atoms with Crippen LogP contribution in [0.4, 0.5) is 0 Å². The number of ether oxygens (including phenoxy) is 3. The molecule has 6 nitrogen and oxygen atoms in total. The van der Waals surface area contributed by atoms with Crippen molar-refractivity contribution in [2.24, 2.45) is 11.8 Å². The highest BCUT2D eigenvalue weighted by molar-refractivity contribution is 5.71. The fraction of sp³-hybridized carbons (Fsp3) is 0.943. The first-order valence-electron chi connectivity index (χ1n) is 26.2. The maximum atomic E-state index is 12.8. The van der Waals surface area contributed by atoms with Crippen molar-refractivity contribution in [2.45, 2.75) is 298 Å². The first-order valence-corrected chi connectivity index (χ1v) is 26.2. The van der Waals surface area contributed by atoms with Crippen molar-refractivity contribution in [3.8, 4) is 0 Å². The highest BCUT2D eigenvalue weighted by Crippen LogP contribution is 2.17. The third-order valence-corrected chi connectivity index (χ3v) is 12.0. The summed E-state index contributed by atoms with van der Waals surface area (Å²) in [6.07, 6.45) is 46.5. The molecule has 0 aromatic rings. The van der Waals surface area contributed by atoms with Crippen LogP contribution in [-0.2, 0) is 28.6 Å². The molecule has 59 heavy (non-hydrogen) atoms. The smallest absolute Gasteiger partial charge is 0.306 e. The Morgan fingerprint density at radius 1 is 0.322 bits per heavy atom. The van der Waals surface area contributed by atoms with E-state index in [0.717, 1.165) is 69.6 Å². The summed E-state index contributed by atoms with van der Waals surface area (Å²) in [6.45, 7) is 11.4. The molecule has 0 aromatic carbocycles. The summed E-state index contributed by atoms with van der Waals surface area (Å²) >= 11 is 0. The predicted octanol–water partition coefficient (Wildman–Crippen LogP) is 16.9. The molecule has 0 N–H and O–H groups in total. The normalized spacial score (nSPS) is 12.1. The number of hydrogen-bond donors (Lipinski definition) is 0. The van der Waals surface area contributed by atoms with Gasteiger partial charge in [0.25, 0.3) is 0 Å². The van der Waals surface area contributed by atoms with Gasteiger partial charge in [0.1, 0.15) is 13.2 Å². The monoisotopic (exact) mass is 835 g/mol. The number of rotatable bonds is 47.